The van der Waals surface area contributed by atoms with Crippen molar-refractivity contribution in [1.82, 2.24) is 9.99 Å². The molecule has 3 rings (SSSR count). The topological polar surface area (TPSA) is 55.6 Å². The third-order valence-electron chi connectivity index (χ3n) is 5.34. The molecule has 0 fully saturated rings. The lowest BCUT2D eigenvalue weighted by Gasteiger charge is -2.29. The van der Waals surface area contributed by atoms with Crippen molar-refractivity contribution in [2.75, 3.05) is 18.6 Å². The van der Waals surface area contributed by atoms with Gasteiger partial charge in [0.05, 0.1) is 12.6 Å². The van der Waals surface area contributed by atoms with Crippen LogP contribution >= 0.6 is 11.6 Å². The summed E-state index contributed by atoms with van der Waals surface area (Å²) in [6, 6.07) is 2.11. The molecule has 0 bridgehead atoms. The Morgan fingerprint density at radius 1 is 1.46 bits per heavy atom. The van der Waals surface area contributed by atoms with Gasteiger partial charge in [0.2, 0.25) is 0 Å². The van der Waals surface area contributed by atoms with Crippen molar-refractivity contribution in [2.24, 2.45) is 4.99 Å². The van der Waals surface area contributed by atoms with Crippen molar-refractivity contribution in [3.05, 3.63) is 70.6 Å². The Labute approximate surface area is 171 Å². The van der Waals surface area contributed by atoms with Gasteiger partial charge in [0.25, 0.3) is 0 Å². The summed E-state index contributed by atoms with van der Waals surface area (Å²) >= 11 is 6.54. The third kappa shape index (κ3) is 3.73. The first kappa shape index (κ1) is 20.2. The first-order valence-electron chi connectivity index (χ1n) is 9.46. The van der Waals surface area contributed by atoms with Gasteiger partial charge in [-0.1, -0.05) is 36.8 Å². The van der Waals surface area contributed by atoms with Crippen LogP contribution in [0.25, 0.3) is 0 Å². The summed E-state index contributed by atoms with van der Waals surface area (Å²) in [6.07, 6.45) is 14.2. The largest absolute Gasteiger partial charge is 0.308 e. The predicted octanol–water partition coefficient (Wildman–Crippen LogP) is 4.92. The molecular weight excluding hydrogens is 370 g/mol. The Kier molecular flexibility index (Phi) is 6.27. The summed E-state index contributed by atoms with van der Waals surface area (Å²) in [5, 5.41) is 12.5. The lowest BCUT2D eigenvalue weighted by atomic mass is 9.97. The van der Waals surface area contributed by atoms with E-state index in [0.29, 0.717) is 17.5 Å². The molecular formula is C22H26ClN5. The number of halogens is 1. The van der Waals surface area contributed by atoms with Crippen LogP contribution in [-0.2, 0) is 0 Å². The van der Waals surface area contributed by atoms with Gasteiger partial charge in [0, 0.05) is 37.2 Å². The molecule has 0 saturated heterocycles. The van der Waals surface area contributed by atoms with Crippen LogP contribution in [0.4, 0.5) is 5.82 Å². The molecule has 2 atom stereocenters. The number of hydrazine groups is 1. The number of nitrogens with zero attached hydrogens (tertiary/aromatic N) is 4. The second kappa shape index (κ2) is 8.67. The molecule has 28 heavy (non-hydrogen) atoms. The summed E-state index contributed by atoms with van der Waals surface area (Å²) in [6.45, 7) is 8.81. The van der Waals surface area contributed by atoms with E-state index in [1.54, 1.807) is 0 Å². The number of hydrogen-bond acceptors (Lipinski definition) is 5. The van der Waals surface area contributed by atoms with Gasteiger partial charge in [-0.15, -0.1) is 6.58 Å². The van der Waals surface area contributed by atoms with Crippen molar-refractivity contribution in [3.8, 4) is 0 Å². The Morgan fingerprint density at radius 2 is 2.25 bits per heavy atom. The van der Waals surface area contributed by atoms with E-state index in [1.807, 2.05) is 36.5 Å². The van der Waals surface area contributed by atoms with Crippen LogP contribution in [0.2, 0.25) is 5.15 Å². The molecule has 1 aromatic rings. The zero-order chi connectivity index (χ0) is 20.3. The molecule has 0 amide bonds. The van der Waals surface area contributed by atoms with Gasteiger partial charge in [-0.3, -0.25) is 10.0 Å². The maximum atomic E-state index is 7.92. The average molecular weight is 396 g/mol. The highest BCUT2D eigenvalue weighted by Gasteiger charge is 2.31. The quantitative estimate of drug-likeness (QED) is 0.422. The van der Waals surface area contributed by atoms with E-state index in [9.17, 15) is 0 Å². The van der Waals surface area contributed by atoms with Crippen LogP contribution in [0, 0.1) is 5.41 Å². The second-order valence-electron chi connectivity index (χ2n) is 6.89. The van der Waals surface area contributed by atoms with Gasteiger partial charge in [-0.25, -0.2) is 9.99 Å². The van der Waals surface area contributed by atoms with Gasteiger partial charge < -0.3 is 5.41 Å². The first-order chi connectivity index (χ1) is 13.5. The molecule has 0 saturated carbocycles. The fourth-order valence-electron chi connectivity index (χ4n) is 3.52. The molecule has 3 heterocycles. The minimum Gasteiger partial charge on any atom is -0.308 e. The summed E-state index contributed by atoms with van der Waals surface area (Å²) < 4.78 is 0. The summed E-state index contributed by atoms with van der Waals surface area (Å²) in [5.74, 6) is 0.775. The summed E-state index contributed by atoms with van der Waals surface area (Å²) in [5.41, 5.74) is 3.97. The molecule has 2 unspecified atom stereocenters. The van der Waals surface area contributed by atoms with E-state index in [1.165, 1.54) is 11.8 Å². The van der Waals surface area contributed by atoms with Crippen LogP contribution in [0.3, 0.4) is 0 Å². The minimum absolute atomic E-state index is 0.121. The monoisotopic (exact) mass is 395 g/mol. The standard InChI is InChI=1S/C22H26ClN5/c1-5-16(6-2)19-12-18(13-24)22(26-21(19)23)28-14-20(15(3)27(28)4)17-8-7-10-25-11-9-17/h5,7-10,12-16,24H,1,6,11H2,2-4H3. The third-order valence-corrected chi connectivity index (χ3v) is 5.64. The lowest BCUT2D eigenvalue weighted by molar-refractivity contribution is 0.314. The zero-order valence-corrected chi connectivity index (χ0v) is 17.3. The molecule has 0 aliphatic carbocycles. The Morgan fingerprint density at radius 3 is 2.93 bits per heavy atom. The maximum Gasteiger partial charge on any atom is 0.157 e. The predicted molar refractivity (Wildman–Crippen MR) is 119 cm³/mol. The highest BCUT2D eigenvalue weighted by Crippen LogP contribution is 2.35. The van der Waals surface area contributed by atoms with E-state index in [-0.39, 0.29) is 12.0 Å². The highest BCUT2D eigenvalue weighted by atomic mass is 35.5. The number of hydrogen-bond donors (Lipinski definition) is 1. The number of pyridine rings is 1. The Hall–Kier alpha value is -2.50. The molecule has 5 nitrogen and oxygen atoms in total. The smallest absolute Gasteiger partial charge is 0.157 e. The SMILES string of the molecule is C=CC(CC)c1cc(C=N)c(N2C=C(C3=CCN=CC=C3)C(C)N2C)nc1Cl. The van der Waals surface area contributed by atoms with Crippen molar-refractivity contribution in [1.29, 1.82) is 5.41 Å². The van der Waals surface area contributed by atoms with Gasteiger partial charge in [0.15, 0.2) is 5.82 Å². The number of allylic oxidation sites excluding steroid dienone is 3. The Balaban J connectivity index is 2.05. The van der Waals surface area contributed by atoms with Gasteiger partial charge in [-0.2, -0.15) is 0 Å². The minimum atomic E-state index is 0.121. The Bertz CT molecular complexity index is 896. The van der Waals surface area contributed by atoms with Crippen molar-refractivity contribution < 1.29 is 0 Å². The summed E-state index contributed by atoms with van der Waals surface area (Å²) in [4.78, 5) is 8.95. The zero-order valence-electron chi connectivity index (χ0n) is 16.6. The molecule has 2 aliphatic heterocycles. The van der Waals surface area contributed by atoms with Crippen LogP contribution in [0.15, 0.2) is 59.3 Å². The number of likely N-dealkylation sites (N-methyl/N-ethyl adjacent to an activating group) is 1. The van der Waals surface area contributed by atoms with E-state index in [2.05, 4.69) is 53.8 Å². The molecule has 1 aromatic heterocycles. The number of nitrogens with one attached hydrogen (secondary N) is 1. The summed E-state index contributed by atoms with van der Waals surface area (Å²) in [7, 11) is 2.02. The van der Waals surface area contributed by atoms with E-state index < -0.39 is 0 Å². The maximum absolute atomic E-state index is 7.92. The fraction of sp³-hybridized carbons (Fsp3) is 0.318. The molecule has 1 N–H and O–H groups in total. The van der Waals surface area contributed by atoms with Crippen LogP contribution < -0.4 is 5.01 Å². The van der Waals surface area contributed by atoms with Crippen LogP contribution in [0.1, 0.15) is 37.3 Å². The van der Waals surface area contributed by atoms with Crippen molar-refractivity contribution >= 4 is 29.8 Å². The molecule has 0 radical (unpaired) electrons. The lowest BCUT2D eigenvalue weighted by Crippen LogP contribution is -2.38. The second-order valence-corrected chi connectivity index (χ2v) is 7.25. The van der Waals surface area contributed by atoms with Crippen molar-refractivity contribution in [2.45, 2.75) is 32.2 Å². The van der Waals surface area contributed by atoms with E-state index in [4.69, 9.17) is 17.0 Å². The van der Waals surface area contributed by atoms with Crippen molar-refractivity contribution in [3.63, 3.8) is 0 Å². The molecule has 6 heteroatoms. The molecule has 2 aliphatic rings. The normalized spacial score (nSPS) is 20.6. The fourth-order valence-corrected chi connectivity index (χ4v) is 3.80. The number of anilines is 1. The van der Waals surface area contributed by atoms with E-state index in [0.717, 1.165) is 23.1 Å². The van der Waals surface area contributed by atoms with Crippen LogP contribution in [0.5, 0.6) is 0 Å². The van der Waals surface area contributed by atoms with Gasteiger partial charge >= 0.3 is 0 Å². The molecule has 146 valence electrons. The number of rotatable bonds is 6. The highest BCUT2D eigenvalue weighted by molar-refractivity contribution is 6.30. The molecule has 0 spiro atoms. The molecule has 0 aromatic carbocycles. The number of aliphatic imine (C=N–C) groups is 1. The first-order valence-corrected chi connectivity index (χ1v) is 9.83. The van der Waals surface area contributed by atoms with E-state index >= 15 is 0 Å². The van der Waals surface area contributed by atoms with Gasteiger partial charge in [-0.05, 0) is 42.2 Å². The average Bonchev–Trinajstić information content (AvgIpc) is 2.88. The number of aromatic nitrogens is 1. The van der Waals surface area contributed by atoms with Gasteiger partial charge in [0.1, 0.15) is 5.15 Å². The van der Waals surface area contributed by atoms with Crippen LogP contribution in [-0.4, -0.2) is 42.1 Å².